The van der Waals surface area contributed by atoms with Gasteiger partial charge in [-0.3, -0.25) is 9.59 Å². The van der Waals surface area contributed by atoms with Crippen LogP contribution in [0.1, 0.15) is 38.2 Å². The van der Waals surface area contributed by atoms with Gasteiger partial charge in [0.1, 0.15) is 11.4 Å². The zero-order valence-electron chi connectivity index (χ0n) is 16.6. The Morgan fingerprint density at radius 2 is 1.97 bits per heavy atom. The van der Waals surface area contributed by atoms with E-state index in [1.165, 1.54) is 6.92 Å². The minimum Gasteiger partial charge on any atom is -0.369 e. The van der Waals surface area contributed by atoms with Gasteiger partial charge in [-0.25, -0.2) is 4.98 Å². The van der Waals surface area contributed by atoms with Crippen molar-refractivity contribution in [2.24, 2.45) is 11.7 Å². The van der Waals surface area contributed by atoms with E-state index >= 15 is 0 Å². The van der Waals surface area contributed by atoms with E-state index < -0.39 is 35.4 Å². The Balaban J connectivity index is 1.82. The van der Waals surface area contributed by atoms with Gasteiger partial charge in [0, 0.05) is 38.3 Å². The second kappa shape index (κ2) is 8.88. The zero-order valence-corrected chi connectivity index (χ0v) is 16.6. The second-order valence-corrected chi connectivity index (χ2v) is 7.60. The molecule has 0 aromatic carbocycles. The number of nitrogens with one attached hydrogen (secondary N) is 2. The second-order valence-electron chi connectivity index (χ2n) is 7.60. The first kappa shape index (κ1) is 21.8. The van der Waals surface area contributed by atoms with Gasteiger partial charge in [0.2, 0.25) is 17.8 Å². The molecule has 1 saturated heterocycles. The molecule has 2 aliphatic rings. The molecule has 1 aromatic rings. The molecular weight excluding hydrogens is 401 g/mol. The maximum Gasteiger partial charge on any atom is 0.421 e. The van der Waals surface area contributed by atoms with Crippen molar-refractivity contribution in [2.45, 2.75) is 50.9 Å². The van der Waals surface area contributed by atoms with Crippen LogP contribution in [0.5, 0.6) is 0 Å². The summed E-state index contributed by atoms with van der Waals surface area (Å²) in [5.74, 6) is -1.64. The van der Waals surface area contributed by atoms with E-state index in [1.54, 1.807) is 17.1 Å². The molecule has 1 aromatic heterocycles. The summed E-state index contributed by atoms with van der Waals surface area (Å²) in [5, 5.41) is 5.79. The van der Waals surface area contributed by atoms with Crippen molar-refractivity contribution in [2.75, 3.05) is 23.7 Å². The number of alkyl halides is 3. The van der Waals surface area contributed by atoms with Crippen LogP contribution in [0, 0.1) is 5.92 Å². The predicted molar refractivity (Wildman–Crippen MR) is 104 cm³/mol. The number of nitrogens with zero attached hydrogens (tertiary/aromatic N) is 3. The Kier molecular flexibility index (Phi) is 6.47. The number of hydrogen-bond donors (Lipinski definition) is 3. The van der Waals surface area contributed by atoms with Gasteiger partial charge >= 0.3 is 6.18 Å². The Bertz CT molecular complexity index is 829. The first-order valence-electron chi connectivity index (χ1n) is 9.82. The van der Waals surface area contributed by atoms with Gasteiger partial charge in [0.15, 0.2) is 0 Å². The Hall–Kier alpha value is -2.85. The average Bonchev–Trinajstić information content (AvgIpc) is 2.67. The summed E-state index contributed by atoms with van der Waals surface area (Å²) in [6.45, 7) is 2.56. The summed E-state index contributed by atoms with van der Waals surface area (Å²) in [7, 11) is 0. The lowest BCUT2D eigenvalue weighted by Gasteiger charge is -2.32. The fourth-order valence-corrected chi connectivity index (χ4v) is 3.80. The number of amides is 2. The molecule has 1 aliphatic carbocycles. The maximum atomic E-state index is 13.5. The zero-order chi connectivity index (χ0) is 21.9. The van der Waals surface area contributed by atoms with E-state index in [2.05, 4.69) is 20.6 Å². The molecule has 1 aliphatic heterocycles. The lowest BCUT2D eigenvalue weighted by atomic mass is 9.88. The molecule has 3 atom stereocenters. The van der Waals surface area contributed by atoms with Crippen LogP contribution in [-0.2, 0) is 15.8 Å². The number of anilines is 2. The number of primary amides is 1. The van der Waals surface area contributed by atoms with Crippen LogP contribution in [0.25, 0.3) is 0 Å². The van der Waals surface area contributed by atoms with E-state index in [-0.39, 0.29) is 17.9 Å². The number of aromatic nitrogens is 2. The monoisotopic (exact) mass is 426 g/mol. The lowest BCUT2D eigenvalue weighted by Crippen LogP contribution is -2.44. The van der Waals surface area contributed by atoms with E-state index in [1.807, 2.05) is 0 Å². The molecule has 8 nitrogen and oxygen atoms in total. The van der Waals surface area contributed by atoms with Gasteiger partial charge in [-0.15, -0.1) is 0 Å². The van der Waals surface area contributed by atoms with Crippen LogP contribution >= 0.6 is 0 Å². The van der Waals surface area contributed by atoms with Crippen molar-refractivity contribution < 1.29 is 22.8 Å². The van der Waals surface area contributed by atoms with Crippen molar-refractivity contribution >= 4 is 23.6 Å². The highest BCUT2D eigenvalue weighted by atomic mass is 19.4. The van der Waals surface area contributed by atoms with Gasteiger partial charge in [-0.05, 0) is 25.7 Å². The molecule has 0 radical (unpaired) electrons. The van der Waals surface area contributed by atoms with Gasteiger partial charge < -0.3 is 21.3 Å². The van der Waals surface area contributed by atoms with Crippen LogP contribution in [0.3, 0.4) is 0 Å². The van der Waals surface area contributed by atoms with Crippen molar-refractivity contribution in [1.29, 1.82) is 0 Å². The first-order chi connectivity index (χ1) is 14.1. The number of carbonyl (C=O) groups is 2. The minimum absolute atomic E-state index is 0.0304. The number of rotatable bonds is 5. The average molecular weight is 426 g/mol. The van der Waals surface area contributed by atoms with Crippen molar-refractivity contribution in [3.63, 3.8) is 0 Å². The molecule has 1 fully saturated rings. The number of piperidine rings is 1. The van der Waals surface area contributed by atoms with E-state index in [9.17, 15) is 22.8 Å². The molecule has 11 heteroatoms. The summed E-state index contributed by atoms with van der Waals surface area (Å²) < 4.78 is 40.5. The van der Waals surface area contributed by atoms with E-state index in [0.29, 0.717) is 25.9 Å². The summed E-state index contributed by atoms with van der Waals surface area (Å²) in [6.07, 6.45) is 1.87. The molecule has 0 unspecified atom stereocenters. The molecule has 30 heavy (non-hydrogen) atoms. The number of likely N-dealkylation sites (tertiary alicyclic amines) is 1. The van der Waals surface area contributed by atoms with Crippen molar-refractivity contribution in [3.05, 3.63) is 23.9 Å². The molecule has 2 heterocycles. The van der Waals surface area contributed by atoms with Gasteiger partial charge in [0.05, 0.1) is 5.92 Å². The summed E-state index contributed by atoms with van der Waals surface area (Å²) in [5.41, 5.74) is 4.40. The summed E-state index contributed by atoms with van der Waals surface area (Å²) in [6, 6.07) is -0.762. The smallest absolute Gasteiger partial charge is 0.369 e. The molecule has 4 N–H and O–H groups in total. The Labute approximate surface area is 172 Å². The maximum absolute atomic E-state index is 13.5. The lowest BCUT2D eigenvalue weighted by molar-refractivity contribution is -0.137. The van der Waals surface area contributed by atoms with Crippen LogP contribution in [0.2, 0.25) is 0 Å². The largest absolute Gasteiger partial charge is 0.421 e. The van der Waals surface area contributed by atoms with E-state index in [4.69, 9.17) is 5.73 Å². The predicted octanol–water partition coefficient (Wildman–Crippen LogP) is 2.15. The van der Waals surface area contributed by atoms with Gasteiger partial charge in [-0.2, -0.15) is 18.2 Å². The first-order valence-corrected chi connectivity index (χ1v) is 9.82. The normalized spacial score (nSPS) is 24.4. The molecule has 0 saturated carbocycles. The Morgan fingerprint density at radius 1 is 1.23 bits per heavy atom. The van der Waals surface area contributed by atoms with E-state index in [0.717, 1.165) is 19.0 Å². The summed E-state index contributed by atoms with van der Waals surface area (Å²) >= 11 is 0. The molecule has 164 valence electrons. The highest BCUT2D eigenvalue weighted by Gasteiger charge is 2.37. The highest BCUT2D eigenvalue weighted by Crippen LogP contribution is 2.35. The number of allylic oxidation sites excluding steroid dienone is 1. The molecular formula is C19H25F3N6O2. The molecule has 2 amide bonds. The topological polar surface area (TPSA) is 113 Å². The summed E-state index contributed by atoms with van der Waals surface area (Å²) in [4.78, 5) is 32.9. The fraction of sp³-hybridized carbons (Fsp3) is 0.579. The van der Waals surface area contributed by atoms with Crippen molar-refractivity contribution in [3.8, 4) is 0 Å². The molecule has 3 rings (SSSR count). The fourth-order valence-electron chi connectivity index (χ4n) is 3.80. The number of carbonyl (C=O) groups excluding carboxylic acids is 2. The third-order valence-electron chi connectivity index (χ3n) is 5.41. The van der Waals surface area contributed by atoms with Crippen LogP contribution < -0.4 is 16.4 Å². The number of hydrogen-bond acceptors (Lipinski definition) is 6. The standard InChI is InChI=1S/C19H25F3N6O2/c1-11(29)28-8-4-5-12(10-28)25-18-24-9-14(19(20,21)22)17(27-18)26-15-7-3-2-6-13(15)16(23)30/h2-3,9,12-13,15H,4-8,10H2,1H3,(H2,23,30)(H2,24,25,26,27)/t12-,13-,15+/m0/s1. The van der Waals surface area contributed by atoms with Gasteiger partial charge in [-0.1, -0.05) is 12.2 Å². The number of nitrogens with two attached hydrogens (primary N) is 1. The Morgan fingerprint density at radius 3 is 2.63 bits per heavy atom. The van der Waals surface area contributed by atoms with Gasteiger partial charge in [0.25, 0.3) is 0 Å². The highest BCUT2D eigenvalue weighted by molar-refractivity contribution is 5.78. The molecule has 0 spiro atoms. The number of halogens is 3. The quantitative estimate of drug-likeness (QED) is 0.622. The van der Waals surface area contributed by atoms with Crippen LogP contribution in [0.15, 0.2) is 18.3 Å². The van der Waals surface area contributed by atoms with Crippen LogP contribution in [0.4, 0.5) is 24.9 Å². The third kappa shape index (κ3) is 5.19. The van der Waals surface area contributed by atoms with Crippen LogP contribution in [-0.4, -0.2) is 51.9 Å². The third-order valence-corrected chi connectivity index (χ3v) is 5.41. The SMILES string of the molecule is CC(=O)N1CCC[C@H](Nc2ncc(C(F)(F)F)c(N[C@@H]3CC=CC[C@@H]3C(N)=O)n2)C1. The molecule has 0 bridgehead atoms. The minimum atomic E-state index is -4.66. The van der Waals surface area contributed by atoms with Crippen molar-refractivity contribution in [1.82, 2.24) is 14.9 Å².